The summed E-state index contributed by atoms with van der Waals surface area (Å²) in [5, 5.41) is 10.2. The Morgan fingerprint density at radius 3 is 2.78 bits per heavy atom. The van der Waals surface area contributed by atoms with E-state index in [0.717, 1.165) is 23.0 Å². The number of pyridine rings is 1. The van der Waals surface area contributed by atoms with Crippen LogP contribution in [0, 0.1) is 18.6 Å². The van der Waals surface area contributed by atoms with E-state index in [-0.39, 0.29) is 35.0 Å². The predicted octanol–water partition coefficient (Wildman–Crippen LogP) is 4.47. The van der Waals surface area contributed by atoms with Gasteiger partial charge in [0.25, 0.3) is 5.91 Å². The average Bonchev–Trinajstić information content (AvgIpc) is 3.50. The molecule has 5 rings (SSSR count). The van der Waals surface area contributed by atoms with E-state index in [2.05, 4.69) is 15.2 Å². The standard InChI is InChI=1S/C22H19F2N5O2S/c1-11-15(9-26-28(11)3)16-10-29(12(2)14-4-5-32-21(14)16)22(30)18-7-19(31-27-18)20-17(24)6-13(23)8-25-20/h4-9,12,16H,10H2,1-3H3. The normalized spacial score (nSPS) is 18.1. The van der Waals surface area contributed by atoms with Crippen molar-refractivity contribution in [3.05, 3.63) is 75.0 Å². The highest BCUT2D eigenvalue weighted by atomic mass is 32.1. The number of fused-ring (bicyclic) bond motifs is 1. The van der Waals surface area contributed by atoms with E-state index in [0.29, 0.717) is 12.6 Å². The maximum Gasteiger partial charge on any atom is 0.276 e. The van der Waals surface area contributed by atoms with Gasteiger partial charge < -0.3 is 9.42 Å². The monoisotopic (exact) mass is 455 g/mol. The first-order valence-corrected chi connectivity index (χ1v) is 10.9. The molecule has 2 unspecified atom stereocenters. The number of hydrogen-bond donors (Lipinski definition) is 0. The Bertz CT molecular complexity index is 1330. The predicted molar refractivity (Wildman–Crippen MR) is 113 cm³/mol. The number of amides is 1. The molecule has 1 aliphatic heterocycles. The van der Waals surface area contributed by atoms with Crippen LogP contribution in [0.1, 0.15) is 51.1 Å². The quantitative estimate of drug-likeness (QED) is 0.456. The molecule has 0 bridgehead atoms. The van der Waals surface area contributed by atoms with Gasteiger partial charge in [0, 0.05) is 47.8 Å². The average molecular weight is 455 g/mol. The molecule has 0 aliphatic carbocycles. The van der Waals surface area contributed by atoms with Crippen LogP contribution in [0.3, 0.4) is 0 Å². The van der Waals surface area contributed by atoms with Crippen LogP contribution in [0.5, 0.6) is 0 Å². The fourth-order valence-corrected chi connectivity index (χ4v) is 5.25. The molecule has 4 aromatic rings. The first kappa shape index (κ1) is 20.5. The van der Waals surface area contributed by atoms with Gasteiger partial charge in [0.15, 0.2) is 17.3 Å². The zero-order chi connectivity index (χ0) is 22.6. The lowest BCUT2D eigenvalue weighted by atomic mass is 9.88. The van der Waals surface area contributed by atoms with Gasteiger partial charge in [0.2, 0.25) is 0 Å². The topological polar surface area (TPSA) is 77.1 Å². The largest absolute Gasteiger partial charge is 0.354 e. The van der Waals surface area contributed by atoms with Crippen molar-refractivity contribution in [2.24, 2.45) is 7.05 Å². The second-order valence-electron chi connectivity index (χ2n) is 7.80. The molecule has 7 nitrogen and oxygen atoms in total. The van der Waals surface area contributed by atoms with Crippen LogP contribution < -0.4 is 0 Å². The minimum atomic E-state index is -0.887. The van der Waals surface area contributed by atoms with E-state index in [9.17, 15) is 13.6 Å². The summed E-state index contributed by atoms with van der Waals surface area (Å²) in [5.74, 6) is -2.07. The molecule has 0 fully saturated rings. The summed E-state index contributed by atoms with van der Waals surface area (Å²) in [4.78, 5) is 20.1. The molecular weight excluding hydrogens is 436 g/mol. The summed E-state index contributed by atoms with van der Waals surface area (Å²) in [7, 11) is 1.89. The van der Waals surface area contributed by atoms with Gasteiger partial charge in [-0.15, -0.1) is 11.3 Å². The van der Waals surface area contributed by atoms with Gasteiger partial charge in [0.05, 0.1) is 18.4 Å². The fourth-order valence-electron chi connectivity index (χ4n) is 4.15. The summed E-state index contributed by atoms with van der Waals surface area (Å²) in [5.41, 5.74) is 3.03. The smallest absolute Gasteiger partial charge is 0.276 e. The first-order chi connectivity index (χ1) is 15.3. The number of nitrogens with zero attached hydrogens (tertiary/aromatic N) is 5. The van der Waals surface area contributed by atoms with Crippen molar-refractivity contribution in [2.45, 2.75) is 25.8 Å². The van der Waals surface area contributed by atoms with Crippen LogP contribution in [0.25, 0.3) is 11.5 Å². The van der Waals surface area contributed by atoms with Gasteiger partial charge in [-0.3, -0.25) is 9.48 Å². The van der Waals surface area contributed by atoms with E-state index < -0.39 is 11.6 Å². The number of rotatable bonds is 3. The van der Waals surface area contributed by atoms with Crippen LogP contribution in [-0.2, 0) is 7.05 Å². The van der Waals surface area contributed by atoms with Crippen molar-refractivity contribution < 1.29 is 18.1 Å². The van der Waals surface area contributed by atoms with Gasteiger partial charge in [-0.2, -0.15) is 5.10 Å². The van der Waals surface area contributed by atoms with Crippen LogP contribution in [0.2, 0.25) is 0 Å². The number of halogens is 2. The van der Waals surface area contributed by atoms with Crippen molar-refractivity contribution in [1.29, 1.82) is 0 Å². The Hall–Kier alpha value is -3.40. The molecule has 0 saturated heterocycles. The number of hydrogen-bond acceptors (Lipinski definition) is 6. The number of carbonyl (C=O) groups is 1. The Balaban J connectivity index is 1.49. The maximum absolute atomic E-state index is 14.1. The second-order valence-corrected chi connectivity index (χ2v) is 8.74. The zero-order valence-corrected chi connectivity index (χ0v) is 18.4. The molecule has 32 heavy (non-hydrogen) atoms. The molecule has 0 aromatic carbocycles. The Morgan fingerprint density at radius 2 is 2.06 bits per heavy atom. The highest BCUT2D eigenvalue weighted by Gasteiger charge is 2.37. The first-order valence-electron chi connectivity index (χ1n) is 10.00. The van der Waals surface area contributed by atoms with E-state index in [4.69, 9.17) is 4.52 Å². The summed E-state index contributed by atoms with van der Waals surface area (Å²) in [6.45, 7) is 4.43. The third-order valence-electron chi connectivity index (χ3n) is 6.02. The molecule has 5 heterocycles. The fraction of sp³-hybridized carbons (Fsp3) is 0.273. The number of thiophene rings is 1. The summed E-state index contributed by atoms with van der Waals surface area (Å²) >= 11 is 1.67. The van der Waals surface area contributed by atoms with Crippen LogP contribution in [0.4, 0.5) is 8.78 Å². The highest BCUT2D eigenvalue weighted by Crippen LogP contribution is 2.43. The van der Waals surface area contributed by atoms with Gasteiger partial charge in [0.1, 0.15) is 11.5 Å². The van der Waals surface area contributed by atoms with Gasteiger partial charge in [-0.1, -0.05) is 5.16 Å². The number of carbonyl (C=O) groups excluding carboxylic acids is 1. The molecule has 0 spiro atoms. The third-order valence-corrected chi connectivity index (χ3v) is 7.07. The molecule has 2 atom stereocenters. The summed E-state index contributed by atoms with van der Waals surface area (Å²) in [6, 6.07) is 3.91. The molecule has 0 saturated carbocycles. The lowest BCUT2D eigenvalue weighted by Crippen LogP contribution is -2.40. The molecule has 0 N–H and O–H groups in total. The maximum atomic E-state index is 14.1. The minimum Gasteiger partial charge on any atom is -0.354 e. The van der Waals surface area contributed by atoms with Gasteiger partial charge in [-0.05, 0) is 30.9 Å². The van der Waals surface area contributed by atoms with Crippen molar-refractivity contribution in [3.63, 3.8) is 0 Å². The van der Waals surface area contributed by atoms with Crippen LogP contribution >= 0.6 is 11.3 Å². The molecule has 1 aliphatic rings. The Labute approximate surface area is 186 Å². The minimum absolute atomic E-state index is 0.0126. The summed E-state index contributed by atoms with van der Waals surface area (Å²) < 4.78 is 34.2. The van der Waals surface area contributed by atoms with Gasteiger partial charge in [-0.25, -0.2) is 13.8 Å². The molecule has 164 valence electrons. The molecule has 4 aromatic heterocycles. The third kappa shape index (κ3) is 3.22. The molecular formula is C22H19F2N5O2S. The molecule has 0 radical (unpaired) electrons. The van der Waals surface area contributed by atoms with Crippen LogP contribution in [-0.4, -0.2) is 37.3 Å². The summed E-state index contributed by atoms with van der Waals surface area (Å²) in [6.07, 6.45) is 2.73. The molecule has 1 amide bonds. The lowest BCUT2D eigenvalue weighted by molar-refractivity contribution is 0.0656. The number of aryl methyl sites for hydroxylation is 1. The van der Waals surface area contributed by atoms with Crippen molar-refractivity contribution in [1.82, 2.24) is 24.8 Å². The number of aromatic nitrogens is 4. The van der Waals surface area contributed by atoms with Gasteiger partial charge >= 0.3 is 0 Å². The highest BCUT2D eigenvalue weighted by molar-refractivity contribution is 7.10. The van der Waals surface area contributed by atoms with Crippen LogP contribution in [0.15, 0.2) is 40.5 Å². The molecule has 10 heteroatoms. The van der Waals surface area contributed by atoms with Crippen molar-refractivity contribution in [3.8, 4) is 11.5 Å². The van der Waals surface area contributed by atoms with E-state index >= 15 is 0 Å². The Kier molecular flexibility index (Phi) is 4.89. The SMILES string of the molecule is Cc1c(C2CN(C(=O)c3cc(-c4ncc(F)cc4F)on3)C(C)c3ccsc32)cnn1C. The van der Waals surface area contributed by atoms with Crippen molar-refractivity contribution in [2.75, 3.05) is 6.54 Å². The van der Waals surface area contributed by atoms with E-state index in [1.54, 1.807) is 16.2 Å². The second kappa shape index (κ2) is 7.63. The van der Waals surface area contributed by atoms with Crippen molar-refractivity contribution >= 4 is 17.2 Å². The zero-order valence-electron chi connectivity index (χ0n) is 17.5. The van der Waals surface area contributed by atoms with E-state index in [1.807, 2.05) is 43.2 Å². The van der Waals surface area contributed by atoms with E-state index in [1.165, 1.54) is 10.9 Å². The lowest BCUT2D eigenvalue weighted by Gasteiger charge is -2.37. The Morgan fingerprint density at radius 1 is 1.25 bits per heavy atom.